The molecule has 6 fully saturated rings. The molecule has 28 atom stereocenters. The third kappa shape index (κ3) is 29.1. The summed E-state index contributed by atoms with van der Waals surface area (Å²) in [6, 6.07) is 30.2. The second-order valence-electron chi connectivity index (χ2n) is 44.0. The number of ether oxygens (including phenoxy) is 17. The maximum Gasteiger partial charge on any atom is 0.308 e. The number of hydrogen-bond donors (Lipinski definition) is 1. The van der Waals surface area contributed by atoms with Crippen molar-refractivity contribution in [2.75, 3.05) is 19.8 Å². The Bertz CT molecular complexity index is 3860. The third-order valence-corrected chi connectivity index (χ3v) is 47.3. The summed E-state index contributed by atoms with van der Waals surface area (Å²) in [4.78, 5) is 30.5. The van der Waals surface area contributed by atoms with Gasteiger partial charge in [0.2, 0.25) is 6.29 Å². The first kappa shape index (κ1) is 110. The second kappa shape index (κ2) is 45.9. The molecular weight excluding hydrogens is 1700 g/mol. The first-order chi connectivity index (χ1) is 59.0. The Morgan fingerprint density at radius 1 is 0.469 bits per heavy atom. The maximum atomic E-state index is 15.3. The number of rotatable bonds is 41. The van der Waals surface area contributed by atoms with Crippen LogP contribution in [0.4, 0.5) is 0 Å². The van der Waals surface area contributed by atoms with Gasteiger partial charge in [-0.1, -0.05) is 250 Å². The number of carbonyl (C=O) groups excluding carboxylic acids is 2. The molecule has 28 heteroatoms. The highest BCUT2D eigenvalue weighted by atomic mass is 28.4. The van der Waals surface area contributed by atoms with E-state index in [0.29, 0.717) is 39.3 Å². The highest BCUT2D eigenvalue weighted by Crippen LogP contribution is 2.49. The molecule has 0 saturated carbocycles. The van der Waals surface area contributed by atoms with Gasteiger partial charge in [-0.15, -0.1) is 0 Å². The van der Waals surface area contributed by atoms with E-state index >= 15 is 9.59 Å². The number of benzene rings is 3. The Balaban J connectivity index is 0.0000202. The molecule has 0 radical (unpaired) electrons. The molecule has 11 unspecified atom stereocenters. The van der Waals surface area contributed by atoms with Gasteiger partial charge in [0.25, 0.3) is 0 Å². The van der Waals surface area contributed by atoms with Gasteiger partial charge in [0, 0.05) is 37.0 Å². The number of esters is 2. The third-order valence-electron chi connectivity index (χ3n) is 29.2. The van der Waals surface area contributed by atoms with Gasteiger partial charge in [0.1, 0.15) is 54.9 Å². The van der Waals surface area contributed by atoms with E-state index in [4.69, 9.17) is 104 Å². The molecule has 6 aliphatic heterocycles. The summed E-state index contributed by atoms with van der Waals surface area (Å²) in [5.74, 6) is -3.77. The summed E-state index contributed by atoms with van der Waals surface area (Å²) in [5, 5.41) is 8.14. The van der Waals surface area contributed by atoms with Crippen molar-refractivity contribution >= 4 is 51.1 Å². The van der Waals surface area contributed by atoms with E-state index in [1.165, 1.54) is 6.92 Å². The lowest BCUT2D eigenvalue weighted by atomic mass is 9.90. The largest absolute Gasteiger partial charge is 0.462 e. The molecule has 0 aromatic heterocycles. The number of nitrogens with one attached hydrogen (secondary N) is 1. The van der Waals surface area contributed by atoms with Crippen LogP contribution in [0.3, 0.4) is 0 Å². The van der Waals surface area contributed by atoms with Crippen LogP contribution in [0.15, 0.2) is 91.0 Å². The van der Waals surface area contributed by atoms with Crippen molar-refractivity contribution in [2.45, 2.75) is 452 Å². The van der Waals surface area contributed by atoms with E-state index < -0.39 is 180 Å². The number of fused-ring (bicyclic) bond motifs is 1. The molecule has 3 aromatic rings. The molecule has 0 spiro atoms. The van der Waals surface area contributed by atoms with Crippen LogP contribution in [0.1, 0.15) is 236 Å². The first-order valence-electron chi connectivity index (χ1n) is 47.4. The first-order valence-corrected chi connectivity index (χ1v) is 59.1. The van der Waals surface area contributed by atoms with Gasteiger partial charge in [-0.3, -0.25) is 15.0 Å². The van der Waals surface area contributed by atoms with Crippen LogP contribution in [0.2, 0.25) is 72.5 Å². The van der Waals surface area contributed by atoms with Crippen molar-refractivity contribution < 1.29 is 108 Å². The van der Waals surface area contributed by atoms with Gasteiger partial charge in [-0.25, -0.2) is 0 Å². The Morgan fingerprint density at radius 2 is 0.883 bits per heavy atom. The average Bonchev–Trinajstić information content (AvgIpc) is 1.59. The minimum atomic E-state index is -2.66. The summed E-state index contributed by atoms with van der Waals surface area (Å²) < 4.78 is 145. The summed E-state index contributed by atoms with van der Waals surface area (Å²) >= 11 is 0. The molecule has 0 aliphatic carbocycles. The predicted molar refractivity (Wildman–Crippen MR) is 510 cm³/mol. The maximum absolute atomic E-state index is 15.3. The van der Waals surface area contributed by atoms with Crippen molar-refractivity contribution in [3.05, 3.63) is 108 Å². The molecule has 730 valence electrons. The molecule has 1 N–H and O–H groups in total. The van der Waals surface area contributed by atoms with Gasteiger partial charge in [0.15, 0.2) is 70.1 Å². The van der Waals surface area contributed by atoms with Crippen LogP contribution in [0, 0.1) is 40.9 Å². The molecule has 24 nitrogen and oxygen atoms in total. The molecule has 128 heavy (non-hydrogen) atoms. The van der Waals surface area contributed by atoms with Crippen molar-refractivity contribution in [2.24, 2.45) is 35.5 Å². The van der Waals surface area contributed by atoms with E-state index in [1.54, 1.807) is 0 Å². The number of carbonyl (C=O) groups is 2. The molecule has 3 aromatic carbocycles. The summed E-state index contributed by atoms with van der Waals surface area (Å²) in [7, 11) is -9.70. The van der Waals surface area contributed by atoms with Crippen molar-refractivity contribution in [1.82, 2.24) is 0 Å². The van der Waals surface area contributed by atoms with Crippen LogP contribution in [-0.4, -0.2) is 212 Å². The summed E-state index contributed by atoms with van der Waals surface area (Å²) in [6.07, 6.45) is -13.2. The normalized spacial score (nSPS) is 31.3. The highest BCUT2D eigenvalue weighted by Gasteiger charge is 2.60. The van der Waals surface area contributed by atoms with Gasteiger partial charge < -0.3 is 98.2 Å². The van der Waals surface area contributed by atoms with Crippen molar-refractivity contribution in [3.8, 4) is 0 Å². The Morgan fingerprint density at radius 3 is 1.37 bits per heavy atom. The zero-order valence-electron chi connectivity index (χ0n) is 83.7. The molecule has 0 bridgehead atoms. The van der Waals surface area contributed by atoms with Crippen molar-refractivity contribution in [3.63, 3.8) is 0 Å². The Labute approximate surface area is 775 Å². The fourth-order valence-corrected chi connectivity index (χ4v) is 21.7. The van der Waals surface area contributed by atoms with Gasteiger partial charge in [-0.05, 0) is 135 Å². The fraction of sp³-hybridized carbons (Fsp3) is 0.790. The minimum Gasteiger partial charge on any atom is -0.462 e. The molecule has 0 amide bonds. The quantitative estimate of drug-likeness (QED) is 0.0240. The van der Waals surface area contributed by atoms with Crippen LogP contribution >= 0.6 is 0 Å². The second-order valence-corrected chi connectivity index (χ2v) is 63.1. The zero-order chi connectivity index (χ0) is 94.1. The molecule has 6 saturated heterocycles. The van der Waals surface area contributed by atoms with E-state index in [0.717, 1.165) is 23.1 Å². The Kier molecular flexibility index (Phi) is 39.3. The van der Waals surface area contributed by atoms with Crippen LogP contribution in [0.25, 0.3) is 0 Å². The lowest BCUT2D eigenvalue weighted by Crippen LogP contribution is -2.63. The average molecular weight is 1870 g/mol. The SMILES string of the molecule is C.CC[C@H](C)[C@H](C[C@@H](CC(=O)O[C@H]1C(C)O[C@H](OC(C)=N)C(O[C@@H]2O[C@H](C)[C@H](O[C@@H]3OC[C@@H](OCc4ccccc4)C(O[C@@H]4OC[C@@H](OCc5ccccc5)C(OCc5ccccc5)C4C)C3C)C3OC(C)(C)OC32)C1C)O[Si](C)(C)C(C)(C)C)OC(=O)C[C@H](C[C@H](O[C@@H]1O[C@@H](CO[Si](C)(C)C(C)(C)C)C(O[Si](C)(C)C(C)(C)C)C1C)[C@@H](C)CC)O[Si](C)(C)C(C)(C)C. The summed E-state index contributed by atoms with van der Waals surface area (Å²) in [5.41, 5.74) is 3.08. The highest BCUT2D eigenvalue weighted by molar-refractivity contribution is 6.75. The Hall–Kier alpha value is -3.78. The van der Waals surface area contributed by atoms with E-state index in [2.05, 4.69) is 189 Å². The predicted octanol–water partition coefficient (Wildman–Crippen LogP) is 21.6. The van der Waals surface area contributed by atoms with Gasteiger partial charge in [-0.2, -0.15) is 0 Å². The van der Waals surface area contributed by atoms with Crippen molar-refractivity contribution in [1.29, 1.82) is 5.41 Å². The van der Waals surface area contributed by atoms with E-state index in [-0.39, 0.29) is 108 Å². The zero-order valence-corrected chi connectivity index (χ0v) is 87.7. The standard InChI is InChI=1S/C99H167NO23Si4.CH4/c1-34-61(3)75(112-80(101)53-74(122-126(30,31)97(18,19)20)52-76(62(4)35-2)113-92-66(8)85(123-127(32,33)98(21,22)23)79(114-92)60-108-124(26,27)95(12,13)14)51-73(121-125(28,29)96(15,16)17)54-81(102)115-82-63(5)86(93(109-67(82)9)111-69(11)100)117-94-89-88(119-99(24,25)120-89)87(68(10)110-94)118-91-65(7)84(78(59-107-91)104-56-71-47-41-37-42-48-71)116-90-64(6)83(105-57-72-49-43-38-44-50-72)77(58-106-90)103-55-70-45-39-36-40-46-70;/h36-50,61-68,73-79,82-94,100H,34-35,51-60H2,1-33H3;1H4/t61-,62-,63?,64?,65?,66?,67?,68+,73-,74-,75-,76-,77+,78+,79-,82+,83?,84?,85?,86?,87-,88?,89?,90-,91-,92+,93+,94-;/m0./s1. The van der Waals surface area contributed by atoms with E-state index in [1.807, 2.05) is 120 Å². The van der Waals surface area contributed by atoms with E-state index in [9.17, 15) is 0 Å². The molecule has 9 rings (SSSR count). The fourth-order valence-electron chi connectivity index (χ4n) is 16.6. The number of hydrogen-bond acceptors (Lipinski definition) is 24. The molecule has 6 aliphatic rings. The smallest absolute Gasteiger partial charge is 0.308 e. The minimum absolute atomic E-state index is 0. The molecular formula is C100H171NO23Si4. The summed E-state index contributed by atoms with van der Waals surface area (Å²) in [6.45, 7) is 72.1. The van der Waals surface area contributed by atoms with Gasteiger partial charge >= 0.3 is 11.9 Å². The monoisotopic (exact) mass is 1870 g/mol. The lowest BCUT2D eigenvalue weighted by Gasteiger charge is -2.49. The van der Waals surface area contributed by atoms with Crippen LogP contribution < -0.4 is 0 Å². The van der Waals surface area contributed by atoms with Crippen LogP contribution in [0.5, 0.6) is 0 Å². The topological polar surface area (TPSA) is 252 Å². The van der Waals surface area contributed by atoms with Gasteiger partial charge in [0.05, 0.1) is 101 Å². The molecule has 6 heterocycles. The van der Waals surface area contributed by atoms with Crippen LogP contribution in [-0.2, 0) is 128 Å². The lowest BCUT2D eigenvalue weighted by molar-refractivity contribution is -0.360.